The highest BCUT2D eigenvalue weighted by Crippen LogP contribution is 2.26. The second kappa shape index (κ2) is 7.68. The van der Waals surface area contributed by atoms with Gasteiger partial charge in [-0.25, -0.2) is 4.98 Å². The van der Waals surface area contributed by atoms with Gasteiger partial charge in [0.2, 0.25) is 0 Å². The molecule has 5 rings (SSSR count). The lowest BCUT2D eigenvalue weighted by Crippen LogP contribution is -2.49. The first kappa shape index (κ1) is 18.4. The zero-order valence-electron chi connectivity index (χ0n) is 16.8. The summed E-state index contributed by atoms with van der Waals surface area (Å²) in [6.45, 7) is 4.85. The number of hydrogen-bond acceptors (Lipinski definition) is 5. The molecule has 1 saturated carbocycles. The summed E-state index contributed by atoms with van der Waals surface area (Å²) in [6, 6.07) is 8.67. The number of aromatic amines is 1. The number of amides is 1. The van der Waals surface area contributed by atoms with E-state index in [2.05, 4.69) is 26.9 Å². The number of aromatic nitrogens is 2. The van der Waals surface area contributed by atoms with Crippen molar-refractivity contribution >= 4 is 22.8 Å². The molecule has 152 valence electrons. The van der Waals surface area contributed by atoms with Crippen LogP contribution in [0.3, 0.4) is 0 Å². The number of fused-ring (bicyclic) bond motifs is 1. The highest BCUT2D eigenvalue weighted by molar-refractivity contribution is 5.98. The Bertz CT molecular complexity index is 932. The van der Waals surface area contributed by atoms with Gasteiger partial charge >= 0.3 is 0 Å². The van der Waals surface area contributed by atoms with Gasteiger partial charge in [-0.15, -0.1) is 0 Å². The molecule has 0 spiro atoms. The molecule has 1 amide bonds. The van der Waals surface area contributed by atoms with Crippen molar-refractivity contribution in [2.24, 2.45) is 0 Å². The molecule has 7 nitrogen and oxygen atoms in total. The van der Waals surface area contributed by atoms with Gasteiger partial charge in [0.05, 0.1) is 6.07 Å². The third-order valence-electron chi connectivity index (χ3n) is 6.84. The van der Waals surface area contributed by atoms with Crippen molar-refractivity contribution < 1.29 is 4.79 Å². The Morgan fingerprint density at radius 3 is 2.62 bits per heavy atom. The van der Waals surface area contributed by atoms with Crippen LogP contribution in [0, 0.1) is 11.3 Å². The Morgan fingerprint density at radius 2 is 1.86 bits per heavy atom. The summed E-state index contributed by atoms with van der Waals surface area (Å²) in [5.41, 5.74) is 1.27. The van der Waals surface area contributed by atoms with Crippen molar-refractivity contribution in [3.8, 4) is 6.07 Å². The molecule has 1 atom stereocenters. The number of H-pyrrole nitrogens is 1. The Morgan fingerprint density at radius 1 is 1.07 bits per heavy atom. The van der Waals surface area contributed by atoms with E-state index in [4.69, 9.17) is 4.98 Å². The van der Waals surface area contributed by atoms with Crippen molar-refractivity contribution in [2.45, 2.75) is 50.6 Å². The molecule has 2 aromatic heterocycles. The number of nitrogens with zero attached hydrogens (tertiary/aromatic N) is 5. The van der Waals surface area contributed by atoms with Crippen molar-refractivity contribution in [2.75, 3.05) is 37.6 Å². The van der Waals surface area contributed by atoms with Crippen molar-refractivity contribution in [3.63, 3.8) is 0 Å². The van der Waals surface area contributed by atoms with Gasteiger partial charge in [0, 0.05) is 44.2 Å². The Hall–Kier alpha value is -2.59. The van der Waals surface area contributed by atoms with Crippen LogP contribution in [0.1, 0.15) is 49.0 Å². The summed E-state index contributed by atoms with van der Waals surface area (Å²) < 4.78 is 0. The van der Waals surface area contributed by atoms with Gasteiger partial charge in [-0.2, -0.15) is 5.26 Å². The summed E-state index contributed by atoms with van der Waals surface area (Å²) in [4.78, 5) is 27.5. The molecule has 2 aromatic rings. The predicted molar refractivity (Wildman–Crippen MR) is 112 cm³/mol. The molecular formula is C22H28N6O. The van der Waals surface area contributed by atoms with Crippen LogP contribution in [0.4, 0.5) is 5.82 Å². The summed E-state index contributed by atoms with van der Waals surface area (Å²) in [5, 5.41) is 10.2. The predicted octanol–water partition coefficient (Wildman–Crippen LogP) is 2.76. The van der Waals surface area contributed by atoms with Crippen LogP contribution in [-0.4, -0.2) is 70.5 Å². The smallest absolute Gasteiger partial charge is 0.271 e. The van der Waals surface area contributed by atoms with E-state index in [1.165, 1.54) is 25.7 Å². The van der Waals surface area contributed by atoms with Crippen molar-refractivity contribution in [1.82, 2.24) is 19.8 Å². The van der Waals surface area contributed by atoms with Crippen molar-refractivity contribution in [3.05, 3.63) is 23.9 Å². The summed E-state index contributed by atoms with van der Waals surface area (Å²) >= 11 is 0. The topological polar surface area (TPSA) is 79.3 Å². The number of nitriles is 1. The van der Waals surface area contributed by atoms with Gasteiger partial charge in [-0.1, -0.05) is 12.8 Å². The van der Waals surface area contributed by atoms with Crippen LogP contribution < -0.4 is 4.90 Å². The molecule has 1 N–H and O–H groups in total. The molecule has 0 bridgehead atoms. The lowest BCUT2D eigenvalue weighted by molar-refractivity contribution is 0.0760. The quantitative estimate of drug-likeness (QED) is 0.869. The minimum absolute atomic E-state index is 0.0984. The fraction of sp³-hybridized carbons (Fsp3) is 0.591. The molecule has 0 radical (unpaired) electrons. The van der Waals surface area contributed by atoms with Crippen LogP contribution >= 0.6 is 0 Å². The maximum atomic E-state index is 12.8. The van der Waals surface area contributed by atoms with Crippen molar-refractivity contribution in [1.29, 1.82) is 5.26 Å². The average Bonchev–Trinajstić information content (AvgIpc) is 3.53. The number of carbonyl (C=O) groups is 1. The standard InChI is InChI=1S/C22H28N6O/c23-15-18-6-3-9-28(18)22(29)19-14-16-7-8-20(25-21(16)24-19)27-12-10-26(11-13-27)17-4-1-2-5-17/h7-8,14,17-18H,1-6,9-13H2,(H,24,25)/t18-/m0/s1. The van der Waals surface area contributed by atoms with Crippen LogP contribution in [0.2, 0.25) is 0 Å². The van der Waals surface area contributed by atoms with E-state index in [0.29, 0.717) is 12.2 Å². The number of anilines is 1. The lowest BCUT2D eigenvalue weighted by atomic mass is 10.2. The Kier molecular flexibility index (Phi) is 4.88. The summed E-state index contributed by atoms with van der Waals surface area (Å²) in [6.07, 6.45) is 7.12. The SMILES string of the molecule is N#C[C@@H]1CCCN1C(=O)c1cc2ccc(N3CCN(C4CCCC4)CC3)nc2[nH]1. The van der Waals surface area contributed by atoms with Crippen LogP contribution in [0.25, 0.3) is 11.0 Å². The molecule has 0 unspecified atom stereocenters. The number of pyridine rings is 1. The second-order valence-corrected chi connectivity index (χ2v) is 8.54. The first-order chi connectivity index (χ1) is 14.2. The molecule has 1 aliphatic carbocycles. The Labute approximate surface area is 171 Å². The minimum atomic E-state index is -0.311. The van der Waals surface area contributed by atoms with E-state index >= 15 is 0 Å². The largest absolute Gasteiger partial charge is 0.354 e. The van der Waals surface area contributed by atoms with Gasteiger partial charge in [-0.05, 0) is 43.9 Å². The van der Waals surface area contributed by atoms with Gasteiger partial charge in [-0.3, -0.25) is 9.69 Å². The fourth-order valence-corrected chi connectivity index (χ4v) is 5.17. The zero-order valence-corrected chi connectivity index (χ0v) is 16.8. The summed E-state index contributed by atoms with van der Waals surface area (Å²) in [7, 11) is 0. The number of nitrogens with one attached hydrogen (secondary N) is 1. The van der Waals surface area contributed by atoms with E-state index in [0.717, 1.165) is 61.9 Å². The number of rotatable bonds is 3. The molecular weight excluding hydrogens is 364 g/mol. The average molecular weight is 393 g/mol. The highest BCUT2D eigenvalue weighted by Gasteiger charge is 2.30. The number of carbonyl (C=O) groups excluding carboxylic acids is 1. The monoisotopic (exact) mass is 392 g/mol. The van der Waals surface area contributed by atoms with Gasteiger partial charge in [0.1, 0.15) is 23.2 Å². The highest BCUT2D eigenvalue weighted by atomic mass is 16.2. The van der Waals surface area contributed by atoms with Crippen LogP contribution in [-0.2, 0) is 0 Å². The van der Waals surface area contributed by atoms with E-state index in [9.17, 15) is 10.1 Å². The maximum Gasteiger partial charge on any atom is 0.271 e. The van der Waals surface area contributed by atoms with Gasteiger partial charge in [0.15, 0.2) is 0 Å². The summed E-state index contributed by atoms with van der Waals surface area (Å²) in [5.74, 6) is 0.874. The molecule has 4 heterocycles. The van der Waals surface area contributed by atoms with Gasteiger partial charge in [0.25, 0.3) is 5.91 Å². The maximum absolute atomic E-state index is 12.8. The third kappa shape index (κ3) is 3.46. The molecule has 29 heavy (non-hydrogen) atoms. The molecule has 0 aromatic carbocycles. The second-order valence-electron chi connectivity index (χ2n) is 8.54. The van der Waals surface area contributed by atoms with Gasteiger partial charge < -0.3 is 14.8 Å². The normalized spacial score (nSPS) is 23.8. The van der Waals surface area contributed by atoms with E-state index in [1.54, 1.807) is 4.90 Å². The minimum Gasteiger partial charge on any atom is -0.354 e. The van der Waals surface area contributed by atoms with Crippen LogP contribution in [0.15, 0.2) is 18.2 Å². The van der Waals surface area contributed by atoms with E-state index < -0.39 is 0 Å². The molecule has 2 aliphatic heterocycles. The molecule has 2 saturated heterocycles. The first-order valence-corrected chi connectivity index (χ1v) is 10.9. The Balaban J connectivity index is 1.30. The number of likely N-dealkylation sites (tertiary alicyclic amines) is 1. The molecule has 3 fully saturated rings. The van der Waals surface area contributed by atoms with E-state index in [1.807, 2.05) is 12.1 Å². The zero-order chi connectivity index (χ0) is 19.8. The van der Waals surface area contributed by atoms with E-state index in [-0.39, 0.29) is 11.9 Å². The lowest BCUT2D eigenvalue weighted by Gasteiger charge is -2.38. The third-order valence-corrected chi connectivity index (χ3v) is 6.84. The first-order valence-electron chi connectivity index (χ1n) is 10.9. The number of hydrogen-bond donors (Lipinski definition) is 1. The molecule has 3 aliphatic rings. The fourth-order valence-electron chi connectivity index (χ4n) is 5.17. The number of piperazine rings is 1. The molecule has 7 heteroatoms. The van der Waals surface area contributed by atoms with Crippen LogP contribution in [0.5, 0.6) is 0 Å².